The van der Waals surface area contributed by atoms with Gasteiger partial charge in [-0.1, -0.05) is 36.4 Å². The van der Waals surface area contributed by atoms with Crippen LogP contribution >= 0.6 is 0 Å². The molecule has 0 unspecified atom stereocenters. The molecule has 20 heavy (non-hydrogen) atoms. The van der Waals surface area contributed by atoms with Crippen molar-refractivity contribution in [2.75, 3.05) is 39.5 Å². The molecule has 4 nitrogen and oxygen atoms in total. The molecule has 0 fully saturated rings. The van der Waals surface area contributed by atoms with Gasteiger partial charge >= 0.3 is 0 Å². The van der Waals surface area contributed by atoms with Crippen molar-refractivity contribution < 1.29 is 19.9 Å². The fraction of sp³-hybridized carbons (Fsp3) is 0.375. The van der Waals surface area contributed by atoms with E-state index in [0.717, 1.165) is 24.2 Å². The molecule has 0 spiro atoms. The number of benzene rings is 2. The van der Waals surface area contributed by atoms with Crippen molar-refractivity contribution in [3.8, 4) is 5.75 Å². The highest BCUT2D eigenvalue weighted by Crippen LogP contribution is 2.24. The van der Waals surface area contributed by atoms with Gasteiger partial charge in [-0.3, -0.25) is 0 Å². The summed E-state index contributed by atoms with van der Waals surface area (Å²) in [6.07, 6.45) is 0. The second kappa shape index (κ2) is 8.53. The lowest BCUT2D eigenvalue weighted by Crippen LogP contribution is -2.86. The first-order valence-electron chi connectivity index (χ1n) is 7.02. The van der Waals surface area contributed by atoms with Gasteiger partial charge in [0.1, 0.15) is 12.4 Å². The predicted molar refractivity (Wildman–Crippen MR) is 79.0 cm³/mol. The van der Waals surface area contributed by atoms with Crippen molar-refractivity contribution >= 4 is 10.8 Å². The van der Waals surface area contributed by atoms with Crippen molar-refractivity contribution in [2.45, 2.75) is 0 Å². The molecule has 2 aromatic carbocycles. The molecule has 2 aromatic rings. The number of hydrogen-bond acceptors (Lipinski definition) is 3. The van der Waals surface area contributed by atoms with Gasteiger partial charge in [0.05, 0.1) is 32.9 Å². The molecule has 0 heterocycles. The van der Waals surface area contributed by atoms with Crippen molar-refractivity contribution in [3.63, 3.8) is 0 Å². The van der Waals surface area contributed by atoms with Gasteiger partial charge in [-0.15, -0.1) is 0 Å². The minimum Gasteiger partial charge on any atom is -0.491 e. The highest BCUT2D eigenvalue weighted by molar-refractivity contribution is 5.88. The van der Waals surface area contributed by atoms with Gasteiger partial charge in [0.25, 0.3) is 0 Å². The van der Waals surface area contributed by atoms with Gasteiger partial charge in [-0.2, -0.15) is 0 Å². The summed E-state index contributed by atoms with van der Waals surface area (Å²) in [4.78, 5) is 0. The second-order valence-corrected chi connectivity index (χ2v) is 4.53. The van der Waals surface area contributed by atoms with Crippen LogP contribution in [0.15, 0.2) is 42.5 Å². The Morgan fingerprint density at radius 1 is 0.900 bits per heavy atom. The van der Waals surface area contributed by atoms with Crippen LogP contribution in [0.25, 0.3) is 10.8 Å². The average molecular weight is 276 g/mol. The molecule has 0 aliphatic rings. The van der Waals surface area contributed by atoms with E-state index in [0.29, 0.717) is 19.8 Å². The Morgan fingerprint density at radius 2 is 1.75 bits per heavy atom. The van der Waals surface area contributed by atoms with Crippen LogP contribution in [0.3, 0.4) is 0 Å². The molecular weight excluding hydrogens is 254 g/mol. The Morgan fingerprint density at radius 3 is 2.65 bits per heavy atom. The molecule has 4 heteroatoms. The summed E-state index contributed by atoms with van der Waals surface area (Å²) in [5.41, 5.74) is 0. The highest BCUT2D eigenvalue weighted by atomic mass is 16.5. The molecule has 108 valence electrons. The van der Waals surface area contributed by atoms with Crippen LogP contribution < -0.4 is 10.1 Å². The molecule has 3 N–H and O–H groups in total. The maximum atomic E-state index is 8.63. The molecule has 0 bridgehead atoms. The quantitative estimate of drug-likeness (QED) is 0.666. The summed E-state index contributed by atoms with van der Waals surface area (Å²) in [6.45, 7) is 3.62. The van der Waals surface area contributed by atoms with Gasteiger partial charge in [0.2, 0.25) is 0 Å². The fourth-order valence-electron chi connectivity index (χ4n) is 2.04. The number of hydrogen-bond donors (Lipinski definition) is 2. The van der Waals surface area contributed by atoms with Crippen molar-refractivity contribution in [1.29, 1.82) is 0 Å². The third kappa shape index (κ3) is 4.49. The summed E-state index contributed by atoms with van der Waals surface area (Å²) < 4.78 is 11.2. The van der Waals surface area contributed by atoms with Gasteiger partial charge in [-0.25, -0.2) is 0 Å². The minimum absolute atomic E-state index is 0.212. The minimum atomic E-state index is 0.212. The molecule has 0 aromatic heterocycles. The summed E-state index contributed by atoms with van der Waals surface area (Å²) >= 11 is 0. The lowest BCUT2D eigenvalue weighted by atomic mass is 10.1. The van der Waals surface area contributed by atoms with Gasteiger partial charge in [-0.05, 0) is 11.5 Å². The van der Waals surface area contributed by atoms with Crippen LogP contribution in [0, 0.1) is 0 Å². The number of aliphatic hydroxyl groups excluding tert-OH is 1. The van der Waals surface area contributed by atoms with Crippen molar-refractivity contribution in [3.05, 3.63) is 42.5 Å². The second-order valence-electron chi connectivity index (χ2n) is 4.53. The largest absolute Gasteiger partial charge is 0.491 e. The molecule has 0 radical (unpaired) electrons. The molecule has 0 saturated heterocycles. The number of ether oxygens (including phenoxy) is 2. The molecule has 2 rings (SSSR count). The fourth-order valence-corrected chi connectivity index (χ4v) is 2.04. The normalized spacial score (nSPS) is 10.8. The Balaban J connectivity index is 1.71. The van der Waals surface area contributed by atoms with E-state index in [2.05, 4.69) is 18.2 Å². The van der Waals surface area contributed by atoms with E-state index in [9.17, 15) is 0 Å². The van der Waals surface area contributed by atoms with E-state index in [1.54, 1.807) is 0 Å². The third-order valence-corrected chi connectivity index (χ3v) is 3.03. The Hall–Kier alpha value is -1.62. The van der Waals surface area contributed by atoms with Gasteiger partial charge in [0.15, 0.2) is 0 Å². The standard InChI is InChI=1S/C16H21NO3/c18-10-8-17-9-11-19-12-13-20-16-7-3-5-14-4-1-2-6-15(14)16/h1-7,17-18H,8-13H2/p+1. The summed E-state index contributed by atoms with van der Waals surface area (Å²) in [5.74, 6) is 0.901. The molecule has 0 aliphatic heterocycles. The molecule has 0 aliphatic carbocycles. The number of quaternary nitrogens is 1. The maximum absolute atomic E-state index is 8.63. The molecular formula is C16H22NO3+. The van der Waals surface area contributed by atoms with Crippen LogP contribution in [0.1, 0.15) is 0 Å². The summed E-state index contributed by atoms with van der Waals surface area (Å²) in [7, 11) is 0. The Labute approximate surface area is 119 Å². The molecule has 0 amide bonds. The predicted octanol–water partition coefficient (Wildman–Crippen LogP) is 0.791. The monoisotopic (exact) mass is 276 g/mol. The van der Waals surface area contributed by atoms with Crippen LogP contribution in [0.4, 0.5) is 0 Å². The highest BCUT2D eigenvalue weighted by Gasteiger charge is 2.00. The number of rotatable bonds is 9. The third-order valence-electron chi connectivity index (χ3n) is 3.03. The number of fused-ring (bicyclic) bond motifs is 1. The van der Waals surface area contributed by atoms with Crippen LogP contribution in [-0.4, -0.2) is 44.6 Å². The van der Waals surface area contributed by atoms with E-state index in [1.807, 2.05) is 29.6 Å². The Kier molecular flexibility index (Phi) is 6.31. The molecule has 0 saturated carbocycles. The van der Waals surface area contributed by atoms with Crippen molar-refractivity contribution in [2.24, 2.45) is 0 Å². The van der Waals surface area contributed by atoms with E-state index >= 15 is 0 Å². The lowest BCUT2D eigenvalue weighted by Gasteiger charge is -2.09. The zero-order chi connectivity index (χ0) is 14.0. The smallest absolute Gasteiger partial charge is 0.127 e. The average Bonchev–Trinajstić information content (AvgIpc) is 2.50. The van der Waals surface area contributed by atoms with Crippen LogP contribution in [0.5, 0.6) is 5.75 Å². The zero-order valence-corrected chi connectivity index (χ0v) is 11.6. The van der Waals surface area contributed by atoms with Gasteiger partial charge in [0, 0.05) is 5.39 Å². The molecule has 0 atom stereocenters. The lowest BCUT2D eigenvalue weighted by molar-refractivity contribution is -0.657. The van der Waals surface area contributed by atoms with E-state index in [1.165, 1.54) is 5.39 Å². The zero-order valence-electron chi connectivity index (χ0n) is 11.6. The van der Waals surface area contributed by atoms with Crippen LogP contribution in [-0.2, 0) is 4.74 Å². The summed E-state index contributed by atoms with van der Waals surface area (Å²) in [5, 5.41) is 13.0. The first kappa shape index (κ1) is 14.8. The SMILES string of the molecule is OCC[NH2+]CCOCCOc1cccc2ccccc12. The maximum Gasteiger partial charge on any atom is 0.127 e. The van der Waals surface area contributed by atoms with E-state index in [4.69, 9.17) is 14.6 Å². The van der Waals surface area contributed by atoms with Crippen molar-refractivity contribution in [1.82, 2.24) is 0 Å². The Bertz CT molecular complexity index is 511. The van der Waals surface area contributed by atoms with Crippen LogP contribution in [0.2, 0.25) is 0 Å². The van der Waals surface area contributed by atoms with Gasteiger partial charge < -0.3 is 19.9 Å². The topological polar surface area (TPSA) is 55.3 Å². The first-order valence-corrected chi connectivity index (χ1v) is 7.02. The van der Waals surface area contributed by atoms with E-state index < -0.39 is 0 Å². The number of aliphatic hydroxyl groups is 1. The summed E-state index contributed by atoms with van der Waals surface area (Å²) in [6, 6.07) is 14.3. The van der Waals surface area contributed by atoms with E-state index in [-0.39, 0.29) is 6.61 Å². The number of nitrogens with two attached hydrogens (primary N) is 1. The first-order chi connectivity index (χ1) is 9.92.